The third kappa shape index (κ3) is 3.47. The molecule has 0 unspecified atom stereocenters. The van der Waals surface area contributed by atoms with Crippen LogP contribution >= 0.6 is 0 Å². The molecule has 0 aromatic rings. The van der Waals surface area contributed by atoms with Crippen molar-refractivity contribution in [1.29, 1.82) is 0 Å². The van der Waals surface area contributed by atoms with E-state index >= 15 is 0 Å². The molecule has 0 atom stereocenters. The van der Waals surface area contributed by atoms with E-state index in [-0.39, 0.29) is 18.1 Å². The number of likely N-dealkylation sites (tertiary alicyclic amines) is 1. The Hall–Kier alpha value is -0.610. The van der Waals surface area contributed by atoms with Gasteiger partial charge in [0.25, 0.3) is 0 Å². The third-order valence-electron chi connectivity index (χ3n) is 3.25. The molecule has 1 saturated heterocycles. The number of hydrogen-bond acceptors (Lipinski definition) is 3. The summed E-state index contributed by atoms with van der Waals surface area (Å²) in [6.45, 7) is 6.62. The Labute approximate surface area is 92.0 Å². The number of nitrogens with zero attached hydrogens (tertiary/aromatic N) is 1. The zero-order valence-electron chi connectivity index (χ0n) is 10.0. The monoisotopic (exact) mass is 214 g/mol. The predicted octanol–water partition coefficient (Wildman–Crippen LogP) is 0.623. The van der Waals surface area contributed by atoms with E-state index in [1.165, 1.54) is 0 Å². The quantitative estimate of drug-likeness (QED) is 0.746. The van der Waals surface area contributed by atoms with Crippen LogP contribution in [0.15, 0.2) is 0 Å². The van der Waals surface area contributed by atoms with Gasteiger partial charge in [0.15, 0.2) is 0 Å². The fourth-order valence-corrected chi connectivity index (χ4v) is 1.78. The molecule has 0 aromatic carbocycles. The maximum atomic E-state index is 11.6. The van der Waals surface area contributed by atoms with Crippen molar-refractivity contribution in [3.63, 3.8) is 0 Å². The maximum Gasteiger partial charge on any atom is 0.248 e. The van der Waals surface area contributed by atoms with E-state index in [2.05, 4.69) is 12.2 Å². The standard InChI is InChI=1S/C11H22N2O2/c1-4-15-9-10(14)13-7-5-11(2,12-3)6-8-13/h12H,4-9H2,1-3H3. The molecule has 88 valence electrons. The number of hydrogen-bond donors (Lipinski definition) is 1. The van der Waals surface area contributed by atoms with Gasteiger partial charge in [-0.05, 0) is 33.7 Å². The Morgan fingerprint density at radius 1 is 1.47 bits per heavy atom. The lowest BCUT2D eigenvalue weighted by atomic mass is 9.90. The average Bonchev–Trinajstić information content (AvgIpc) is 2.27. The maximum absolute atomic E-state index is 11.6. The number of rotatable bonds is 4. The van der Waals surface area contributed by atoms with Gasteiger partial charge < -0.3 is 15.0 Å². The summed E-state index contributed by atoms with van der Waals surface area (Å²) in [5.41, 5.74) is 0.197. The molecule has 0 spiro atoms. The second-order valence-electron chi connectivity index (χ2n) is 4.33. The fourth-order valence-electron chi connectivity index (χ4n) is 1.78. The summed E-state index contributed by atoms with van der Waals surface area (Å²) in [4.78, 5) is 13.5. The molecule has 1 aliphatic heterocycles. The zero-order chi connectivity index (χ0) is 11.3. The molecule has 0 aliphatic carbocycles. The number of ether oxygens (including phenoxy) is 1. The minimum absolute atomic E-state index is 0.120. The van der Waals surface area contributed by atoms with Gasteiger partial charge in [-0.1, -0.05) is 0 Å². The van der Waals surface area contributed by atoms with E-state index in [1.807, 2.05) is 18.9 Å². The van der Waals surface area contributed by atoms with E-state index < -0.39 is 0 Å². The summed E-state index contributed by atoms with van der Waals surface area (Å²) in [6.07, 6.45) is 2.03. The molecular formula is C11H22N2O2. The molecule has 1 fully saturated rings. The summed E-state index contributed by atoms with van der Waals surface area (Å²) in [5.74, 6) is 0.120. The van der Waals surface area contributed by atoms with Crippen molar-refractivity contribution >= 4 is 5.91 Å². The SMILES string of the molecule is CCOCC(=O)N1CCC(C)(NC)CC1. The van der Waals surface area contributed by atoms with Crippen LogP contribution in [-0.4, -0.2) is 49.7 Å². The minimum atomic E-state index is 0.120. The van der Waals surface area contributed by atoms with Crippen molar-refractivity contribution in [3.8, 4) is 0 Å². The summed E-state index contributed by atoms with van der Waals surface area (Å²) in [5, 5.41) is 3.31. The minimum Gasteiger partial charge on any atom is -0.372 e. The van der Waals surface area contributed by atoms with Gasteiger partial charge in [0.2, 0.25) is 5.91 Å². The molecule has 4 heteroatoms. The molecule has 0 bridgehead atoms. The van der Waals surface area contributed by atoms with E-state index in [0.29, 0.717) is 6.61 Å². The van der Waals surface area contributed by atoms with Gasteiger partial charge in [-0.3, -0.25) is 4.79 Å². The summed E-state index contributed by atoms with van der Waals surface area (Å²) < 4.78 is 5.12. The van der Waals surface area contributed by atoms with Crippen molar-refractivity contribution in [3.05, 3.63) is 0 Å². The molecule has 4 nitrogen and oxygen atoms in total. The summed E-state index contributed by atoms with van der Waals surface area (Å²) in [6, 6.07) is 0. The van der Waals surface area contributed by atoms with E-state index in [9.17, 15) is 4.79 Å². The highest BCUT2D eigenvalue weighted by atomic mass is 16.5. The fraction of sp³-hybridized carbons (Fsp3) is 0.909. The number of carbonyl (C=O) groups is 1. The Bertz CT molecular complexity index is 211. The number of carbonyl (C=O) groups excluding carboxylic acids is 1. The Morgan fingerprint density at radius 2 is 2.07 bits per heavy atom. The Balaban J connectivity index is 2.33. The zero-order valence-corrected chi connectivity index (χ0v) is 10.0. The smallest absolute Gasteiger partial charge is 0.248 e. The second-order valence-corrected chi connectivity index (χ2v) is 4.33. The van der Waals surface area contributed by atoms with Gasteiger partial charge in [0.1, 0.15) is 6.61 Å². The van der Waals surface area contributed by atoms with Gasteiger partial charge in [0.05, 0.1) is 0 Å². The molecule has 1 aliphatic rings. The van der Waals surface area contributed by atoms with Crippen LogP contribution in [0.4, 0.5) is 0 Å². The van der Waals surface area contributed by atoms with Crippen LogP contribution < -0.4 is 5.32 Å². The van der Waals surface area contributed by atoms with Crippen LogP contribution in [0.25, 0.3) is 0 Å². The van der Waals surface area contributed by atoms with Gasteiger partial charge in [-0.2, -0.15) is 0 Å². The summed E-state index contributed by atoms with van der Waals surface area (Å²) in [7, 11) is 1.98. The summed E-state index contributed by atoms with van der Waals surface area (Å²) >= 11 is 0. The predicted molar refractivity (Wildman–Crippen MR) is 59.8 cm³/mol. The molecular weight excluding hydrogens is 192 g/mol. The largest absolute Gasteiger partial charge is 0.372 e. The van der Waals surface area contributed by atoms with E-state index in [1.54, 1.807) is 0 Å². The number of amides is 1. The van der Waals surface area contributed by atoms with Crippen LogP contribution in [0, 0.1) is 0 Å². The first-order valence-corrected chi connectivity index (χ1v) is 5.66. The van der Waals surface area contributed by atoms with Crippen molar-refractivity contribution in [1.82, 2.24) is 10.2 Å². The average molecular weight is 214 g/mol. The molecule has 0 aromatic heterocycles. The topological polar surface area (TPSA) is 41.6 Å². The Morgan fingerprint density at radius 3 is 2.53 bits per heavy atom. The van der Waals surface area contributed by atoms with Crippen LogP contribution in [0.2, 0.25) is 0 Å². The van der Waals surface area contributed by atoms with Crippen LogP contribution in [-0.2, 0) is 9.53 Å². The van der Waals surface area contributed by atoms with Crippen molar-refractivity contribution in [2.75, 3.05) is 33.4 Å². The van der Waals surface area contributed by atoms with E-state index in [0.717, 1.165) is 25.9 Å². The lowest BCUT2D eigenvalue weighted by Gasteiger charge is -2.39. The first-order chi connectivity index (χ1) is 7.11. The van der Waals surface area contributed by atoms with Crippen molar-refractivity contribution in [2.45, 2.75) is 32.2 Å². The van der Waals surface area contributed by atoms with Gasteiger partial charge in [0, 0.05) is 25.2 Å². The van der Waals surface area contributed by atoms with Crippen LogP contribution in [0.5, 0.6) is 0 Å². The van der Waals surface area contributed by atoms with Crippen molar-refractivity contribution < 1.29 is 9.53 Å². The first-order valence-electron chi connectivity index (χ1n) is 5.66. The van der Waals surface area contributed by atoms with Crippen LogP contribution in [0.3, 0.4) is 0 Å². The molecule has 1 amide bonds. The molecule has 0 saturated carbocycles. The van der Waals surface area contributed by atoms with Crippen molar-refractivity contribution in [2.24, 2.45) is 0 Å². The van der Waals surface area contributed by atoms with Crippen LogP contribution in [0.1, 0.15) is 26.7 Å². The third-order valence-corrected chi connectivity index (χ3v) is 3.25. The lowest BCUT2D eigenvalue weighted by Crippen LogP contribution is -2.52. The highest BCUT2D eigenvalue weighted by Crippen LogP contribution is 2.20. The highest BCUT2D eigenvalue weighted by molar-refractivity contribution is 5.77. The molecule has 1 N–H and O–H groups in total. The second kappa shape index (κ2) is 5.47. The lowest BCUT2D eigenvalue weighted by molar-refractivity contribution is -0.137. The molecule has 15 heavy (non-hydrogen) atoms. The van der Waals surface area contributed by atoms with Gasteiger partial charge in [-0.15, -0.1) is 0 Å². The number of piperidine rings is 1. The molecule has 1 rings (SSSR count). The molecule has 1 heterocycles. The molecule has 0 radical (unpaired) electrons. The first kappa shape index (κ1) is 12.5. The number of nitrogens with one attached hydrogen (secondary N) is 1. The van der Waals surface area contributed by atoms with Gasteiger partial charge >= 0.3 is 0 Å². The highest BCUT2D eigenvalue weighted by Gasteiger charge is 2.29. The van der Waals surface area contributed by atoms with E-state index in [4.69, 9.17) is 4.74 Å². The normalized spacial score (nSPS) is 20.3. The Kier molecular flexibility index (Phi) is 4.54. The van der Waals surface area contributed by atoms with Gasteiger partial charge in [-0.25, -0.2) is 0 Å².